The third-order valence-corrected chi connectivity index (χ3v) is 7.01. The van der Waals surface area contributed by atoms with Crippen LogP contribution in [-0.2, 0) is 21.2 Å². The number of para-hydroxylation sites is 1. The lowest BCUT2D eigenvalue weighted by Crippen LogP contribution is -2.32. The van der Waals surface area contributed by atoms with Crippen LogP contribution in [0.25, 0.3) is 0 Å². The van der Waals surface area contributed by atoms with Crippen molar-refractivity contribution in [3.05, 3.63) is 94.5 Å². The van der Waals surface area contributed by atoms with Gasteiger partial charge in [0.15, 0.2) is 0 Å². The number of nitrogens with zero attached hydrogens (tertiary/aromatic N) is 1. The van der Waals surface area contributed by atoms with Gasteiger partial charge in [0, 0.05) is 24.5 Å². The SMILES string of the molecule is Cc1ccc(Cl)cc1N(CCCC(=O)Nc1ccccc1C(=O)NCCc1ccccc1)S(C)(=O)=O. The van der Waals surface area contributed by atoms with Crippen LogP contribution in [0.2, 0.25) is 5.02 Å². The Labute approximate surface area is 217 Å². The maximum atomic E-state index is 12.7. The smallest absolute Gasteiger partial charge is 0.253 e. The minimum atomic E-state index is -3.57. The number of sulfonamides is 1. The molecule has 7 nitrogen and oxygen atoms in total. The maximum Gasteiger partial charge on any atom is 0.253 e. The summed E-state index contributed by atoms with van der Waals surface area (Å²) in [5, 5.41) is 6.10. The molecular weight excluding hydrogens is 498 g/mol. The average Bonchev–Trinajstić information content (AvgIpc) is 2.84. The van der Waals surface area contributed by atoms with Gasteiger partial charge in [-0.25, -0.2) is 8.42 Å². The fourth-order valence-corrected chi connectivity index (χ4v) is 4.94. The highest BCUT2D eigenvalue weighted by atomic mass is 35.5. The van der Waals surface area contributed by atoms with Gasteiger partial charge in [0.1, 0.15) is 0 Å². The van der Waals surface area contributed by atoms with Crippen LogP contribution in [0.15, 0.2) is 72.8 Å². The maximum absolute atomic E-state index is 12.7. The zero-order chi connectivity index (χ0) is 26.1. The lowest BCUT2D eigenvalue weighted by Gasteiger charge is -2.24. The standard InChI is InChI=1S/C27H30ClN3O4S/c1-20-14-15-22(28)19-25(20)31(36(2,34)35)18-8-13-26(32)30-24-12-7-6-11-23(24)27(33)29-17-16-21-9-4-3-5-10-21/h3-7,9-12,14-15,19H,8,13,16-18H2,1-2H3,(H,29,33)(H,30,32). The summed E-state index contributed by atoms with van der Waals surface area (Å²) in [6.07, 6.45) is 2.19. The Balaban J connectivity index is 1.58. The van der Waals surface area contributed by atoms with E-state index in [1.165, 1.54) is 4.31 Å². The number of hydrogen-bond donors (Lipinski definition) is 2. The van der Waals surface area contributed by atoms with E-state index in [0.717, 1.165) is 17.4 Å². The van der Waals surface area contributed by atoms with E-state index < -0.39 is 10.0 Å². The van der Waals surface area contributed by atoms with E-state index in [9.17, 15) is 18.0 Å². The number of nitrogens with one attached hydrogen (secondary N) is 2. The molecule has 0 saturated heterocycles. The first-order valence-electron chi connectivity index (χ1n) is 11.6. The van der Waals surface area contributed by atoms with Gasteiger partial charge >= 0.3 is 0 Å². The summed E-state index contributed by atoms with van der Waals surface area (Å²) in [7, 11) is -3.57. The van der Waals surface area contributed by atoms with Crippen LogP contribution in [-0.4, -0.2) is 39.6 Å². The molecule has 3 aromatic carbocycles. The third kappa shape index (κ3) is 7.83. The number of aryl methyl sites for hydroxylation is 1. The Morgan fingerprint density at radius 1 is 0.972 bits per heavy atom. The predicted octanol–water partition coefficient (Wildman–Crippen LogP) is 4.81. The molecule has 0 atom stereocenters. The second-order valence-electron chi connectivity index (χ2n) is 8.45. The molecular formula is C27H30ClN3O4S. The minimum Gasteiger partial charge on any atom is -0.352 e. The van der Waals surface area contributed by atoms with E-state index in [4.69, 9.17) is 11.6 Å². The van der Waals surface area contributed by atoms with Crippen molar-refractivity contribution in [1.82, 2.24) is 5.32 Å². The third-order valence-electron chi connectivity index (χ3n) is 5.59. The molecule has 0 aliphatic carbocycles. The fraction of sp³-hybridized carbons (Fsp3) is 0.259. The molecule has 9 heteroatoms. The Morgan fingerprint density at radius 3 is 2.39 bits per heavy atom. The first kappa shape index (κ1) is 27.2. The van der Waals surface area contributed by atoms with E-state index in [1.54, 1.807) is 49.4 Å². The van der Waals surface area contributed by atoms with Gasteiger partial charge in [0.2, 0.25) is 15.9 Å². The van der Waals surface area contributed by atoms with Gasteiger partial charge in [0.25, 0.3) is 5.91 Å². The highest BCUT2D eigenvalue weighted by Crippen LogP contribution is 2.26. The van der Waals surface area contributed by atoms with Crippen LogP contribution in [0.4, 0.5) is 11.4 Å². The van der Waals surface area contributed by atoms with Crippen LogP contribution in [0.3, 0.4) is 0 Å². The van der Waals surface area contributed by atoms with Crippen LogP contribution >= 0.6 is 11.6 Å². The van der Waals surface area contributed by atoms with E-state index in [1.807, 2.05) is 30.3 Å². The summed E-state index contributed by atoms with van der Waals surface area (Å²) in [5.74, 6) is -0.586. The summed E-state index contributed by atoms with van der Waals surface area (Å²) >= 11 is 6.07. The summed E-state index contributed by atoms with van der Waals surface area (Å²) in [4.78, 5) is 25.4. The summed E-state index contributed by atoms with van der Waals surface area (Å²) in [5.41, 5.74) is 3.15. The largest absolute Gasteiger partial charge is 0.352 e. The molecule has 2 N–H and O–H groups in total. The van der Waals surface area contributed by atoms with Crippen molar-refractivity contribution in [2.24, 2.45) is 0 Å². The van der Waals surface area contributed by atoms with Gasteiger partial charge < -0.3 is 10.6 Å². The van der Waals surface area contributed by atoms with Gasteiger partial charge in [-0.15, -0.1) is 0 Å². The fourth-order valence-electron chi connectivity index (χ4n) is 3.76. The molecule has 0 spiro atoms. The number of carbonyl (C=O) groups excluding carboxylic acids is 2. The number of amides is 2. The molecule has 190 valence electrons. The number of carbonyl (C=O) groups is 2. The first-order chi connectivity index (χ1) is 17.1. The molecule has 0 radical (unpaired) electrons. The Morgan fingerprint density at radius 2 is 1.67 bits per heavy atom. The van der Waals surface area contributed by atoms with Crippen molar-refractivity contribution in [3.63, 3.8) is 0 Å². The molecule has 0 aliphatic rings. The number of anilines is 2. The summed E-state index contributed by atoms with van der Waals surface area (Å²) in [6, 6.07) is 21.7. The molecule has 0 fully saturated rings. The molecule has 0 aliphatic heterocycles. The van der Waals surface area contributed by atoms with Gasteiger partial charge in [-0.2, -0.15) is 0 Å². The van der Waals surface area contributed by atoms with E-state index >= 15 is 0 Å². The quantitative estimate of drug-likeness (QED) is 0.374. The molecule has 0 heterocycles. The Hall–Kier alpha value is -3.36. The molecule has 0 saturated carbocycles. The van der Waals surface area contributed by atoms with Crippen LogP contribution in [0, 0.1) is 6.92 Å². The van der Waals surface area contributed by atoms with Gasteiger partial charge in [0.05, 0.1) is 23.2 Å². The zero-order valence-electron chi connectivity index (χ0n) is 20.3. The lowest BCUT2D eigenvalue weighted by atomic mass is 10.1. The Kier molecular flexibility index (Phi) is 9.50. The van der Waals surface area contributed by atoms with Crippen molar-refractivity contribution in [2.75, 3.05) is 29.0 Å². The molecule has 3 rings (SSSR count). The number of benzene rings is 3. The number of hydrogen-bond acceptors (Lipinski definition) is 4. The zero-order valence-corrected chi connectivity index (χ0v) is 21.9. The van der Waals surface area contributed by atoms with Crippen molar-refractivity contribution in [1.29, 1.82) is 0 Å². The molecule has 0 bridgehead atoms. The average molecular weight is 528 g/mol. The van der Waals surface area contributed by atoms with E-state index in [0.29, 0.717) is 34.9 Å². The molecule has 0 aromatic heterocycles. The van der Waals surface area contributed by atoms with Crippen molar-refractivity contribution < 1.29 is 18.0 Å². The number of rotatable bonds is 11. The normalized spacial score (nSPS) is 11.1. The topological polar surface area (TPSA) is 95.6 Å². The highest BCUT2D eigenvalue weighted by molar-refractivity contribution is 7.92. The van der Waals surface area contributed by atoms with Crippen molar-refractivity contribution in [2.45, 2.75) is 26.2 Å². The summed E-state index contributed by atoms with van der Waals surface area (Å²) < 4.78 is 26.1. The van der Waals surface area contributed by atoms with Crippen LogP contribution < -0.4 is 14.9 Å². The lowest BCUT2D eigenvalue weighted by molar-refractivity contribution is -0.116. The van der Waals surface area contributed by atoms with Crippen LogP contribution in [0.5, 0.6) is 0 Å². The van der Waals surface area contributed by atoms with E-state index in [2.05, 4.69) is 10.6 Å². The number of halogens is 1. The van der Waals surface area contributed by atoms with Gasteiger partial charge in [-0.05, 0) is 55.2 Å². The minimum absolute atomic E-state index is 0.0790. The second kappa shape index (κ2) is 12.6. The summed E-state index contributed by atoms with van der Waals surface area (Å²) in [6.45, 7) is 2.39. The molecule has 0 unspecified atom stereocenters. The highest BCUT2D eigenvalue weighted by Gasteiger charge is 2.20. The monoisotopic (exact) mass is 527 g/mol. The molecule has 36 heavy (non-hydrogen) atoms. The van der Waals surface area contributed by atoms with Gasteiger partial charge in [-0.3, -0.25) is 13.9 Å². The van der Waals surface area contributed by atoms with Crippen LogP contribution in [0.1, 0.15) is 34.3 Å². The molecule has 3 aromatic rings. The van der Waals surface area contributed by atoms with Gasteiger partial charge in [-0.1, -0.05) is 60.1 Å². The predicted molar refractivity (Wildman–Crippen MR) is 145 cm³/mol. The second-order valence-corrected chi connectivity index (χ2v) is 10.8. The van der Waals surface area contributed by atoms with Crippen molar-refractivity contribution >= 4 is 44.8 Å². The Bertz CT molecular complexity index is 1310. The molecule has 2 amide bonds. The van der Waals surface area contributed by atoms with Crippen molar-refractivity contribution in [3.8, 4) is 0 Å². The van der Waals surface area contributed by atoms with E-state index in [-0.39, 0.29) is 31.2 Å². The first-order valence-corrected chi connectivity index (χ1v) is 13.8.